The van der Waals surface area contributed by atoms with Gasteiger partial charge in [0.1, 0.15) is 5.57 Å². The summed E-state index contributed by atoms with van der Waals surface area (Å²) in [6.45, 7) is 5.07. The van der Waals surface area contributed by atoms with Crippen molar-refractivity contribution < 1.29 is 4.79 Å². The molecule has 0 aromatic heterocycles. The van der Waals surface area contributed by atoms with Crippen molar-refractivity contribution in [2.45, 2.75) is 6.92 Å². The number of amides is 1. The molecule has 0 heterocycles. The summed E-state index contributed by atoms with van der Waals surface area (Å²) in [5.74, 6) is -0.687. The molecule has 0 aromatic carbocycles. The summed E-state index contributed by atoms with van der Waals surface area (Å²) in [7, 11) is 0. The van der Waals surface area contributed by atoms with E-state index in [2.05, 4.69) is 6.58 Å². The summed E-state index contributed by atoms with van der Waals surface area (Å²) in [5.41, 5.74) is 6.98. The normalized spacial score (nSPS) is 7.57. The number of hydrogen-bond acceptors (Lipinski definition) is 1. The summed E-state index contributed by atoms with van der Waals surface area (Å²) >= 11 is 0. The van der Waals surface area contributed by atoms with Crippen molar-refractivity contribution in [3.63, 3.8) is 0 Å². The van der Waals surface area contributed by atoms with Crippen molar-refractivity contribution in [2.75, 3.05) is 0 Å². The molecule has 0 unspecified atom stereocenters. The smallest absolute Gasteiger partial charge is 0.159 e. The van der Waals surface area contributed by atoms with Crippen molar-refractivity contribution in [1.82, 2.24) is 0 Å². The van der Waals surface area contributed by atoms with Crippen LogP contribution in [0.1, 0.15) is 6.92 Å². The maximum atomic E-state index is 9.80. The van der Waals surface area contributed by atoms with Gasteiger partial charge in [0.25, 0.3) is 0 Å². The van der Waals surface area contributed by atoms with Gasteiger partial charge in [-0.05, 0) is 6.92 Å². The molecule has 0 saturated heterocycles. The Bertz CT molecular complexity index is 84.3. The minimum absolute atomic E-state index is 0.625. The van der Waals surface area contributed by atoms with Gasteiger partial charge in [0, 0.05) is 6.58 Å². The van der Waals surface area contributed by atoms with Crippen LogP contribution in [-0.2, 0) is 4.79 Å². The monoisotopic (exact) mass is 97.1 g/mol. The van der Waals surface area contributed by atoms with Crippen molar-refractivity contribution >= 4 is 5.91 Å². The number of nitrogens with one attached hydrogen (secondary N) is 1. The highest BCUT2D eigenvalue weighted by atomic mass is 16.1. The first-order valence-electron chi connectivity index (χ1n) is 1.89. The SMILES string of the molecule is C=C(C)[CH+]C([NH-])=O. The average molecular weight is 97.1 g/mol. The molecule has 0 rings (SSSR count). The standard InChI is InChI=1S/C5H7NO/c1-4(2)3-5(6)7/h3H,1H2,2H3,(H-,6,7). The van der Waals surface area contributed by atoms with Gasteiger partial charge < -0.3 is 5.73 Å². The fraction of sp³-hybridized carbons (Fsp3) is 0.200. The molecule has 0 spiro atoms. The average Bonchev–Trinajstić information content (AvgIpc) is 1.27. The fourth-order valence-corrected chi connectivity index (χ4v) is 0.224. The minimum Gasteiger partial charge on any atom is -0.645 e. The van der Waals surface area contributed by atoms with Crippen LogP contribution in [0.25, 0.3) is 5.73 Å². The van der Waals surface area contributed by atoms with Crippen LogP contribution in [0.3, 0.4) is 0 Å². The predicted molar refractivity (Wildman–Crippen MR) is 28.4 cm³/mol. The van der Waals surface area contributed by atoms with Gasteiger partial charge in [0.2, 0.25) is 0 Å². The number of carbonyl (C=O) groups is 1. The molecule has 0 bridgehead atoms. The number of hydrogen-bond donors (Lipinski definition) is 0. The highest BCUT2D eigenvalue weighted by Crippen LogP contribution is 1.92. The zero-order valence-corrected chi connectivity index (χ0v) is 4.19. The van der Waals surface area contributed by atoms with Crippen LogP contribution in [0.15, 0.2) is 12.2 Å². The maximum Gasteiger partial charge on any atom is 0.159 e. The van der Waals surface area contributed by atoms with E-state index in [0.29, 0.717) is 5.57 Å². The Morgan fingerprint density at radius 1 is 1.86 bits per heavy atom. The van der Waals surface area contributed by atoms with E-state index in [-0.39, 0.29) is 0 Å². The molecule has 0 aliphatic rings. The summed E-state index contributed by atoms with van der Waals surface area (Å²) in [4.78, 5) is 9.80. The zero-order valence-electron chi connectivity index (χ0n) is 4.19. The van der Waals surface area contributed by atoms with Gasteiger partial charge in [-0.15, -0.1) is 0 Å². The molecule has 7 heavy (non-hydrogen) atoms. The first kappa shape index (κ1) is 6.08. The molecular weight excluding hydrogens is 90.1 g/mol. The minimum atomic E-state index is -0.687. The Hall–Kier alpha value is -0.920. The summed E-state index contributed by atoms with van der Waals surface area (Å²) in [6, 6.07) is 0. The highest BCUT2D eigenvalue weighted by Gasteiger charge is 1.93. The first-order valence-corrected chi connectivity index (χ1v) is 1.89. The molecule has 1 N–H and O–H groups in total. The van der Waals surface area contributed by atoms with Crippen LogP contribution in [0.5, 0.6) is 0 Å². The molecule has 0 radical (unpaired) electrons. The van der Waals surface area contributed by atoms with Crippen LogP contribution in [0.4, 0.5) is 0 Å². The van der Waals surface area contributed by atoms with E-state index >= 15 is 0 Å². The first-order chi connectivity index (χ1) is 3.13. The highest BCUT2D eigenvalue weighted by molar-refractivity contribution is 5.94. The summed E-state index contributed by atoms with van der Waals surface area (Å²) in [5, 5.41) is 0. The molecule has 2 heteroatoms. The van der Waals surface area contributed by atoms with Crippen molar-refractivity contribution in [3.05, 3.63) is 24.3 Å². The fourth-order valence-electron chi connectivity index (χ4n) is 0.224. The second-order valence-corrected chi connectivity index (χ2v) is 1.35. The van der Waals surface area contributed by atoms with Crippen molar-refractivity contribution in [1.29, 1.82) is 0 Å². The third-order valence-electron chi connectivity index (χ3n) is 0.377. The maximum absolute atomic E-state index is 9.80. The molecule has 0 aliphatic carbocycles. The third kappa shape index (κ3) is 5.08. The Kier molecular flexibility index (Phi) is 1.99. The lowest BCUT2D eigenvalue weighted by atomic mass is 10.2. The van der Waals surface area contributed by atoms with E-state index in [0.717, 1.165) is 0 Å². The molecule has 2 nitrogen and oxygen atoms in total. The zero-order chi connectivity index (χ0) is 5.86. The van der Waals surface area contributed by atoms with E-state index in [1.54, 1.807) is 6.92 Å². The van der Waals surface area contributed by atoms with Gasteiger partial charge in [-0.2, -0.15) is 0 Å². The topological polar surface area (TPSA) is 40.9 Å². The molecule has 0 atom stereocenters. The second-order valence-electron chi connectivity index (χ2n) is 1.35. The molecule has 1 amide bonds. The molecule has 0 saturated carbocycles. The van der Waals surface area contributed by atoms with Crippen LogP contribution in [0.2, 0.25) is 0 Å². The second kappa shape index (κ2) is 2.29. The van der Waals surface area contributed by atoms with E-state index in [1.165, 1.54) is 6.42 Å². The lowest BCUT2D eigenvalue weighted by Crippen LogP contribution is -1.88. The Morgan fingerprint density at radius 2 is 2.29 bits per heavy atom. The molecule has 0 fully saturated rings. The van der Waals surface area contributed by atoms with Crippen LogP contribution in [0, 0.1) is 6.42 Å². The lowest BCUT2D eigenvalue weighted by molar-refractivity contribution is -0.111. The molecular formula is C5H7NO. The predicted octanol–water partition coefficient (Wildman–Crippen LogP) is 1.35. The van der Waals surface area contributed by atoms with Crippen molar-refractivity contribution in [2.24, 2.45) is 0 Å². The van der Waals surface area contributed by atoms with Gasteiger partial charge in [-0.1, -0.05) is 0 Å². The van der Waals surface area contributed by atoms with Crippen LogP contribution >= 0.6 is 0 Å². The van der Waals surface area contributed by atoms with E-state index in [9.17, 15) is 4.79 Å². The van der Waals surface area contributed by atoms with Gasteiger partial charge in [0.15, 0.2) is 5.91 Å². The Morgan fingerprint density at radius 3 is 2.29 bits per heavy atom. The number of rotatable bonds is 2. The molecule has 0 aliphatic heterocycles. The lowest BCUT2D eigenvalue weighted by Gasteiger charge is -1.87. The van der Waals surface area contributed by atoms with Gasteiger partial charge in [-0.3, -0.25) is 4.79 Å². The van der Waals surface area contributed by atoms with Crippen LogP contribution in [-0.4, -0.2) is 5.91 Å². The quantitative estimate of drug-likeness (QED) is 0.479. The van der Waals surface area contributed by atoms with E-state index in [1.807, 2.05) is 0 Å². The van der Waals surface area contributed by atoms with Gasteiger partial charge in [-0.25, -0.2) is 0 Å². The number of carbonyl (C=O) groups excluding carboxylic acids is 1. The van der Waals surface area contributed by atoms with Gasteiger partial charge >= 0.3 is 0 Å². The molecule has 38 valence electrons. The summed E-state index contributed by atoms with van der Waals surface area (Å²) in [6.07, 6.45) is 1.17. The summed E-state index contributed by atoms with van der Waals surface area (Å²) < 4.78 is 0. The molecule has 0 aromatic rings. The Balaban J connectivity index is 3.32. The van der Waals surface area contributed by atoms with Crippen LogP contribution < -0.4 is 0 Å². The largest absolute Gasteiger partial charge is 0.645 e. The third-order valence-corrected chi connectivity index (χ3v) is 0.377. The van der Waals surface area contributed by atoms with Gasteiger partial charge in [0.05, 0.1) is 6.42 Å². The van der Waals surface area contributed by atoms with E-state index in [4.69, 9.17) is 5.73 Å². The van der Waals surface area contributed by atoms with Crippen molar-refractivity contribution in [3.8, 4) is 0 Å². The van der Waals surface area contributed by atoms with E-state index < -0.39 is 5.91 Å². The Labute approximate surface area is 43.0 Å².